The van der Waals surface area contributed by atoms with Gasteiger partial charge in [-0.05, 0) is 19.3 Å². The van der Waals surface area contributed by atoms with Crippen LogP contribution < -0.4 is 11.1 Å². The van der Waals surface area contributed by atoms with Crippen molar-refractivity contribution in [3.8, 4) is 0 Å². The molecular weight excluding hydrogens is 168 g/mol. The molecule has 3 N–H and O–H groups in total. The van der Waals surface area contributed by atoms with Crippen LogP contribution in [0.15, 0.2) is 0 Å². The van der Waals surface area contributed by atoms with Crippen molar-refractivity contribution >= 4 is 5.91 Å². The lowest BCUT2D eigenvalue weighted by Gasteiger charge is -2.12. The molecule has 1 amide bonds. The number of rotatable bonds is 6. The topological polar surface area (TPSA) is 64.3 Å². The molecule has 1 aliphatic carbocycles. The molecule has 0 aromatic heterocycles. The fourth-order valence-electron chi connectivity index (χ4n) is 1.28. The van der Waals surface area contributed by atoms with Crippen LogP contribution in [0, 0.1) is 5.41 Å². The van der Waals surface area contributed by atoms with Gasteiger partial charge in [-0.2, -0.15) is 0 Å². The second-order valence-corrected chi connectivity index (χ2v) is 3.59. The first-order valence-corrected chi connectivity index (χ1v) is 4.72. The summed E-state index contributed by atoms with van der Waals surface area (Å²) in [4.78, 5) is 11.5. The van der Waals surface area contributed by atoms with Gasteiger partial charge < -0.3 is 15.8 Å². The highest BCUT2D eigenvalue weighted by atomic mass is 16.5. The average Bonchev–Trinajstić information content (AvgIpc) is 2.93. The van der Waals surface area contributed by atoms with Crippen molar-refractivity contribution < 1.29 is 9.53 Å². The van der Waals surface area contributed by atoms with Crippen LogP contribution >= 0.6 is 0 Å². The lowest BCUT2D eigenvalue weighted by molar-refractivity contribution is -0.126. The minimum Gasteiger partial charge on any atom is -0.385 e. The monoisotopic (exact) mass is 186 g/mol. The van der Waals surface area contributed by atoms with Gasteiger partial charge in [0.05, 0.1) is 5.41 Å². The lowest BCUT2D eigenvalue weighted by Crippen LogP contribution is -2.37. The van der Waals surface area contributed by atoms with E-state index in [9.17, 15) is 4.79 Å². The largest absolute Gasteiger partial charge is 0.385 e. The van der Waals surface area contributed by atoms with Crippen molar-refractivity contribution in [1.82, 2.24) is 5.32 Å². The Kier molecular flexibility index (Phi) is 3.69. The van der Waals surface area contributed by atoms with E-state index in [1.165, 1.54) is 0 Å². The summed E-state index contributed by atoms with van der Waals surface area (Å²) >= 11 is 0. The summed E-state index contributed by atoms with van der Waals surface area (Å²) in [6, 6.07) is 0. The maximum Gasteiger partial charge on any atom is 0.227 e. The second kappa shape index (κ2) is 4.58. The highest BCUT2D eigenvalue weighted by molar-refractivity contribution is 5.85. The SMILES string of the molecule is COCCCNC(=O)C1(CN)CC1. The maximum absolute atomic E-state index is 11.5. The summed E-state index contributed by atoms with van der Waals surface area (Å²) in [7, 11) is 1.66. The molecule has 1 rings (SSSR count). The second-order valence-electron chi connectivity index (χ2n) is 3.59. The van der Waals surface area contributed by atoms with Gasteiger partial charge in [-0.15, -0.1) is 0 Å². The first-order chi connectivity index (χ1) is 6.25. The molecule has 1 fully saturated rings. The summed E-state index contributed by atoms with van der Waals surface area (Å²) in [6.45, 7) is 1.85. The van der Waals surface area contributed by atoms with Gasteiger partial charge in [0.1, 0.15) is 0 Å². The minimum atomic E-state index is -0.215. The molecule has 0 heterocycles. The van der Waals surface area contributed by atoms with E-state index in [2.05, 4.69) is 5.32 Å². The van der Waals surface area contributed by atoms with Gasteiger partial charge in [-0.25, -0.2) is 0 Å². The Hall–Kier alpha value is -0.610. The minimum absolute atomic E-state index is 0.117. The molecule has 0 aromatic carbocycles. The number of nitrogens with two attached hydrogens (primary N) is 1. The normalized spacial score (nSPS) is 18.3. The number of hydrogen-bond donors (Lipinski definition) is 2. The molecule has 0 bridgehead atoms. The van der Waals surface area contributed by atoms with Crippen molar-refractivity contribution in [3.05, 3.63) is 0 Å². The van der Waals surface area contributed by atoms with Crippen LogP contribution in [0.3, 0.4) is 0 Å². The smallest absolute Gasteiger partial charge is 0.227 e. The Labute approximate surface area is 78.8 Å². The Balaban J connectivity index is 2.11. The van der Waals surface area contributed by atoms with Gasteiger partial charge in [0.2, 0.25) is 5.91 Å². The van der Waals surface area contributed by atoms with Gasteiger partial charge in [0.25, 0.3) is 0 Å². The Morgan fingerprint density at radius 1 is 1.62 bits per heavy atom. The van der Waals surface area contributed by atoms with Crippen LogP contribution in [0.5, 0.6) is 0 Å². The van der Waals surface area contributed by atoms with E-state index in [0.717, 1.165) is 19.3 Å². The van der Waals surface area contributed by atoms with Crippen molar-refractivity contribution in [3.63, 3.8) is 0 Å². The van der Waals surface area contributed by atoms with Crippen LogP contribution in [0.2, 0.25) is 0 Å². The lowest BCUT2D eigenvalue weighted by atomic mass is 10.1. The van der Waals surface area contributed by atoms with Crippen LogP contribution in [0.1, 0.15) is 19.3 Å². The van der Waals surface area contributed by atoms with Crippen molar-refractivity contribution in [1.29, 1.82) is 0 Å². The number of ether oxygens (including phenoxy) is 1. The summed E-state index contributed by atoms with van der Waals surface area (Å²) in [5, 5.41) is 2.87. The van der Waals surface area contributed by atoms with E-state index in [1.54, 1.807) is 7.11 Å². The Morgan fingerprint density at radius 3 is 2.77 bits per heavy atom. The standard InChI is InChI=1S/C9H18N2O2/c1-13-6-2-5-11-8(12)9(7-10)3-4-9/h2-7,10H2,1H3,(H,11,12). The molecule has 0 unspecified atom stereocenters. The molecule has 0 aliphatic heterocycles. The van der Waals surface area contributed by atoms with Gasteiger partial charge in [0.15, 0.2) is 0 Å². The highest BCUT2D eigenvalue weighted by Gasteiger charge is 2.48. The number of carbonyl (C=O) groups is 1. The third-order valence-corrected chi connectivity index (χ3v) is 2.54. The van der Waals surface area contributed by atoms with Gasteiger partial charge >= 0.3 is 0 Å². The maximum atomic E-state index is 11.5. The quantitative estimate of drug-likeness (QED) is 0.568. The number of nitrogens with one attached hydrogen (secondary N) is 1. The highest BCUT2D eigenvalue weighted by Crippen LogP contribution is 2.44. The molecule has 4 heteroatoms. The number of amides is 1. The van der Waals surface area contributed by atoms with Crippen molar-refractivity contribution in [2.75, 3.05) is 26.8 Å². The molecule has 76 valence electrons. The average molecular weight is 186 g/mol. The Bertz CT molecular complexity index is 178. The molecule has 0 atom stereocenters. The zero-order chi connectivity index (χ0) is 9.73. The van der Waals surface area contributed by atoms with E-state index in [0.29, 0.717) is 19.7 Å². The van der Waals surface area contributed by atoms with Crippen LogP contribution in [0.4, 0.5) is 0 Å². The van der Waals surface area contributed by atoms with Crippen LogP contribution in [0.25, 0.3) is 0 Å². The number of hydrogen-bond acceptors (Lipinski definition) is 3. The molecule has 0 saturated heterocycles. The van der Waals surface area contributed by atoms with E-state index in [-0.39, 0.29) is 11.3 Å². The fourth-order valence-corrected chi connectivity index (χ4v) is 1.28. The first-order valence-electron chi connectivity index (χ1n) is 4.72. The predicted octanol–water partition coefficient (Wildman–Crippen LogP) is -0.122. The number of carbonyl (C=O) groups excluding carboxylic acids is 1. The predicted molar refractivity (Wildman–Crippen MR) is 50.2 cm³/mol. The molecule has 1 aliphatic rings. The van der Waals surface area contributed by atoms with E-state index in [4.69, 9.17) is 10.5 Å². The zero-order valence-electron chi connectivity index (χ0n) is 8.14. The molecule has 0 aromatic rings. The third kappa shape index (κ3) is 2.67. The third-order valence-electron chi connectivity index (χ3n) is 2.54. The summed E-state index contributed by atoms with van der Waals surface area (Å²) < 4.78 is 4.88. The van der Waals surface area contributed by atoms with Gasteiger partial charge in [-0.3, -0.25) is 4.79 Å². The van der Waals surface area contributed by atoms with E-state index in [1.807, 2.05) is 0 Å². The first kappa shape index (κ1) is 10.5. The molecular formula is C9H18N2O2. The van der Waals surface area contributed by atoms with Crippen molar-refractivity contribution in [2.45, 2.75) is 19.3 Å². The van der Waals surface area contributed by atoms with Crippen LogP contribution in [-0.4, -0.2) is 32.7 Å². The summed E-state index contributed by atoms with van der Waals surface area (Å²) in [5.74, 6) is 0.117. The fraction of sp³-hybridized carbons (Fsp3) is 0.889. The molecule has 1 saturated carbocycles. The van der Waals surface area contributed by atoms with E-state index < -0.39 is 0 Å². The molecule has 0 radical (unpaired) electrons. The van der Waals surface area contributed by atoms with Gasteiger partial charge in [-0.1, -0.05) is 0 Å². The molecule has 0 spiro atoms. The zero-order valence-corrected chi connectivity index (χ0v) is 8.14. The van der Waals surface area contributed by atoms with Crippen LogP contribution in [-0.2, 0) is 9.53 Å². The van der Waals surface area contributed by atoms with E-state index >= 15 is 0 Å². The van der Waals surface area contributed by atoms with Gasteiger partial charge in [0, 0.05) is 26.8 Å². The molecule has 13 heavy (non-hydrogen) atoms. The number of methoxy groups -OCH3 is 1. The summed E-state index contributed by atoms with van der Waals surface area (Å²) in [5.41, 5.74) is 5.30. The van der Waals surface area contributed by atoms with Crippen molar-refractivity contribution in [2.24, 2.45) is 11.1 Å². The Morgan fingerprint density at radius 2 is 2.31 bits per heavy atom. The molecule has 4 nitrogen and oxygen atoms in total. The summed E-state index contributed by atoms with van der Waals surface area (Å²) in [6.07, 6.45) is 2.75.